The van der Waals surface area contributed by atoms with Crippen molar-refractivity contribution < 1.29 is 4.57 Å². The van der Waals surface area contributed by atoms with Gasteiger partial charge in [0.25, 0.3) is 0 Å². The zero-order valence-corrected chi connectivity index (χ0v) is 15.0. The molecule has 1 heterocycles. The lowest BCUT2D eigenvalue weighted by Gasteiger charge is -2.10. The average molecular weight is 324 g/mol. The largest absolute Gasteiger partial charge is 0.220 e. The van der Waals surface area contributed by atoms with Gasteiger partial charge in [0.05, 0.1) is 5.39 Å². The highest BCUT2D eigenvalue weighted by molar-refractivity contribution is 5.94. The summed E-state index contributed by atoms with van der Waals surface area (Å²) in [7, 11) is 2.12. The molecule has 0 fully saturated rings. The van der Waals surface area contributed by atoms with Gasteiger partial charge in [0.15, 0.2) is 6.20 Å². The summed E-state index contributed by atoms with van der Waals surface area (Å²) in [6.07, 6.45) is 2.15. The van der Waals surface area contributed by atoms with Crippen LogP contribution in [-0.2, 0) is 7.05 Å². The van der Waals surface area contributed by atoms with Crippen molar-refractivity contribution in [3.05, 3.63) is 90.1 Å². The van der Waals surface area contributed by atoms with Gasteiger partial charge in [-0.2, -0.15) is 0 Å². The SMILES string of the molecule is Cc1ccc2c(-c3ccc(-c4ccccc4)cc3C)[n+](C)ccc2c1. The molecule has 4 rings (SSSR count). The van der Waals surface area contributed by atoms with Gasteiger partial charge in [0.2, 0.25) is 5.69 Å². The van der Waals surface area contributed by atoms with Crippen LogP contribution in [0.1, 0.15) is 11.1 Å². The molecule has 0 aliphatic heterocycles. The van der Waals surface area contributed by atoms with E-state index in [1.807, 2.05) is 0 Å². The molecule has 122 valence electrons. The first-order chi connectivity index (χ1) is 12.1. The van der Waals surface area contributed by atoms with Crippen molar-refractivity contribution in [3.8, 4) is 22.4 Å². The number of benzene rings is 3. The van der Waals surface area contributed by atoms with Crippen molar-refractivity contribution in [2.45, 2.75) is 13.8 Å². The maximum absolute atomic E-state index is 2.29. The minimum Gasteiger partial charge on any atom is -0.200 e. The molecular formula is C24H22N+. The van der Waals surface area contributed by atoms with Gasteiger partial charge < -0.3 is 0 Å². The molecule has 0 aliphatic rings. The predicted molar refractivity (Wildman–Crippen MR) is 105 cm³/mol. The molecule has 0 saturated carbocycles. The lowest BCUT2D eigenvalue weighted by atomic mass is 9.95. The van der Waals surface area contributed by atoms with Crippen molar-refractivity contribution >= 4 is 10.8 Å². The van der Waals surface area contributed by atoms with Crippen LogP contribution in [0, 0.1) is 13.8 Å². The minimum absolute atomic E-state index is 1.26. The first kappa shape index (κ1) is 15.6. The Morgan fingerprint density at radius 3 is 2.28 bits per heavy atom. The van der Waals surface area contributed by atoms with Gasteiger partial charge in [0.1, 0.15) is 7.05 Å². The maximum Gasteiger partial charge on any atom is 0.220 e. The van der Waals surface area contributed by atoms with E-state index < -0.39 is 0 Å². The third-order valence-corrected chi connectivity index (χ3v) is 4.88. The number of pyridine rings is 1. The van der Waals surface area contributed by atoms with Gasteiger partial charge in [-0.3, -0.25) is 0 Å². The summed E-state index contributed by atoms with van der Waals surface area (Å²) in [5.74, 6) is 0. The zero-order valence-electron chi connectivity index (χ0n) is 15.0. The number of aryl methyl sites for hydroxylation is 3. The third kappa shape index (κ3) is 2.83. The number of rotatable bonds is 2. The Bertz CT molecular complexity index is 1060. The molecule has 3 aromatic carbocycles. The fourth-order valence-corrected chi connectivity index (χ4v) is 3.57. The summed E-state index contributed by atoms with van der Waals surface area (Å²) in [5, 5.41) is 2.59. The second-order valence-corrected chi connectivity index (χ2v) is 6.76. The summed E-state index contributed by atoms with van der Waals surface area (Å²) >= 11 is 0. The Hall–Kier alpha value is -2.93. The highest BCUT2D eigenvalue weighted by Gasteiger charge is 2.17. The van der Waals surface area contributed by atoms with E-state index in [9.17, 15) is 0 Å². The summed E-state index contributed by atoms with van der Waals surface area (Å²) in [6, 6.07) is 26.2. The molecule has 0 unspecified atom stereocenters. The molecule has 25 heavy (non-hydrogen) atoms. The van der Waals surface area contributed by atoms with Crippen LogP contribution in [0.4, 0.5) is 0 Å². The number of aromatic nitrogens is 1. The van der Waals surface area contributed by atoms with Crippen molar-refractivity contribution in [2.24, 2.45) is 7.05 Å². The van der Waals surface area contributed by atoms with Crippen LogP contribution in [0.5, 0.6) is 0 Å². The van der Waals surface area contributed by atoms with Crippen LogP contribution in [-0.4, -0.2) is 0 Å². The van der Waals surface area contributed by atoms with Gasteiger partial charge in [-0.15, -0.1) is 0 Å². The van der Waals surface area contributed by atoms with E-state index >= 15 is 0 Å². The lowest BCUT2D eigenvalue weighted by Crippen LogP contribution is -2.30. The molecule has 1 nitrogen and oxygen atoms in total. The minimum atomic E-state index is 1.26. The van der Waals surface area contributed by atoms with Gasteiger partial charge in [-0.05, 0) is 48.1 Å². The molecular weight excluding hydrogens is 302 g/mol. The number of hydrogen-bond acceptors (Lipinski definition) is 0. The van der Waals surface area contributed by atoms with E-state index in [0.717, 1.165) is 0 Å². The fourth-order valence-electron chi connectivity index (χ4n) is 3.57. The van der Waals surface area contributed by atoms with E-state index in [4.69, 9.17) is 0 Å². The number of fused-ring (bicyclic) bond motifs is 1. The van der Waals surface area contributed by atoms with Gasteiger partial charge in [-0.25, -0.2) is 4.57 Å². The Labute approximate surface area is 149 Å². The molecule has 0 amide bonds. The van der Waals surface area contributed by atoms with Gasteiger partial charge >= 0.3 is 0 Å². The molecule has 4 aromatic rings. The van der Waals surface area contributed by atoms with E-state index in [1.54, 1.807) is 0 Å². The smallest absolute Gasteiger partial charge is 0.200 e. The molecule has 0 atom stereocenters. The molecule has 0 saturated heterocycles. The van der Waals surface area contributed by atoms with Crippen LogP contribution in [0.2, 0.25) is 0 Å². The predicted octanol–water partition coefficient (Wildman–Crippen LogP) is 5.62. The quantitative estimate of drug-likeness (QED) is 0.422. The topological polar surface area (TPSA) is 3.88 Å². The second-order valence-electron chi connectivity index (χ2n) is 6.76. The number of hydrogen-bond donors (Lipinski definition) is 0. The van der Waals surface area contributed by atoms with Gasteiger partial charge in [-0.1, -0.05) is 60.2 Å². The Balaban J connectivity index is 1.91. The highest BCUT2D eigenvalue weighted by atomic mass is 14.9. The molecule has 0 aliphatic carbocycles. The molecule has 1 aromatic heterocycles. The van der Waals surface area contributed by atoms with Crippen molar-refractivity contribution in [1.82, 2.24) is 0 Å². The van der Waals surface area contributed by atoms with Crippen LogP contribution in [0.25, 0.3) is 33.2 Å². The molecule has 0 N–H and O–H groups in total. The monoisotopic (exact) mass is 324 g/mol. The summed E-state index contributed by atoms with van der Waals surface area (Å²) in [6.45, 7) is 4.35. The fraction of sp³-hybridized carbons (Fsp3) is 0.125. The number of nitrogens with zero attached hydrogens (tertiary/aromatic N) is 1. The third-order valence-electron chi connectivity index (χ3n) is 4.88. The van der Waals surface area contributed by atoms with Crippen LogP contribution >= 0.6 is 0 Å². The molecule has 0 bridgehead atoms. The summed E-state index contributed by atoms with van der Waals surface area (Å²) < 4.78 is 2.22. The normalized spacial score (nSPS) is 11.0. The Morgan fingerprint density at radius 2 is 1.52 bits per heavy atom. The van der Waals surface area contributed by atoms with Gasteiger partial charge in [0, 0.05) is 11.6 Å². The average Bonchev–Trinajstić information content (AvgIpc) is 2.63. The van der Waals surface area contributed by atoms with Crippen molar-refractivity contribution in [1.29, 1.82) is 0 Å². The van der Waals surface area contributed by atoms with Crippen molar-refractivity contribution in [3.63, 3.8) is 0 Å². The van der Waals surface area contributed by atoms with Crippen molar-refractivity contribution in [2.75, 3.05) is 0 Å². The lowest BCUT2D eigenvalue weighted by molar-refractivity contribution is -0.659. The molecule has 1 heteroatoms. The first-order valence-corrected chi connectivity index (χ1v) is 8.69. The standard InChI is InChI=1S/C24H22N/c1-17-9-11-23-21(15-17)13-14-25(3)24(23)22-12-10-20(16-18(22)2)19-7-5-4-6-8-19/h4-16H,1-3H3/q+1. The Kier molecular flexibility index (Phi) is 3.85. The zero-order chi connectivity index (χ0) is 17.4. The molecule has 0 radical (unpaired) electrons. The van der Waals surface area contributed by atoms with E-state index in [0.29, 0.717) is 0 Å². The summed E-state index contributed by atoms with van der Waals surface area (Å²) in [5.41, 5.74) is 7.68. The van der Waals surface area contributed by atoms with E-state index in [1.165, 1.54) is 44.3 Å². The van der Waals surface area contributed by atoms with E-state index in [2.05, 4.69) is 104 Å². The Morgan fingerprint density at radius 1 is 0.720 bits per heavy atom. The molecule has 0 spiro atoms. The maximum atomic E-state index is 2.29. The van der Waals surface area contributed by atoms with Crippen LogP contribution < -0.4 is 4.57 Å². The van der Waals surface area contributed by atoms with Crippen LogP contribution in [0.3, 0.4) is 0 Å². The second kappa shape index (κ2) is 6.18. The van der Waals surface area contributed by atoms with Crippen LogP contribution in [0.15, 0.2) is 79.0 Å². The highest BCUT2D eigenvalue weighted by Crippen LogP contribution is 2.31. The first-order valence-electron chi connectivity index (χ1n) is 8.69. The van der Waals surface area contributed by atoms with E-state index in [-0.39, 0.29) is 0 Å². The summed E-state index contributed by atoms with van der Waals surface area (Å²) in [4.78, 5) is 0.